The number of halogens is 1. The van der Waals surface area contributed by atoms with Crippen LogP contribution in [0.1, 0.15) is 45.6 Å². The van der Waals surface area contributed by atoms with Crippen LogP contribution in [-0.2, 0) is 4.74 Å². The number of benzene rings is 1. The standard InChI is InChI=1S/C17H24ClN3O/c1-4-9-21-16(14(19)6-3)13-11-12(18)7-8-15(13)20-17(21)22-10-5-2/h7-8,11H,4-6,9-10,19H2,1-3H3. The molecular formula is C17H24ClN3O. The number of fused-ring (bicyclic) bond motifs is 1. The molecule has 2 rings (SSSR count). The number of hydrogen-bond donors (Lipinski definition) is 1. The van der Waals surface area contributed by atoms with E-state index < -0.39 is 0 Å². The molecule has 22 heavy (non-hydrogen) atoms. The maximum atomic E-state index is 6.31. The molecule has 0 saturated carbocycles. The first-order valence-corrected chi connectivity index (χ1v) is 8.27. The summed E-state index contributed by atoms with van der Waals surface area (Å²) in [5.74, 6) is 0. The number of rotatable bonds is 5. The normalized spacial score (nSPS) is 16.2. The molecule has 4 nitrogen and oxygen atoms in total. The number of hydrogen-bond acceptors (Lipinski definition) is 4. The molecule has 0 spiro atoms. The number of nitrogens with zero attached hydrogens (tertiary/aromatic N) is 2. The lowest BCUT2D eigenvalue weighted by molar-refractivity contribution is 0.256. The van der Waals surface area contributed by atoms with Gasteiger partial charge >= 0.3 is 0 Å². The lowest BCUT2D eigenvalue weighted by Gasteiger charge is -2.33. The summed E-state index contributed by atoms with van der Waals surface area (Å²) in [5.41, 5.74) is 9.94. The number of amidine groups is 1. The van der Waals surface area contributed by atoms with Gasteiger partial charge in [0.1, 0.15) is 0 Å². The van der Waals surface area contributed by atoms with Crippen molar-refractivity contribution in [1.82, 2.24) is 4.90 Å². The Morgan fingerprint density at radius 3 is 2.68 bits per heavy atom. The molecule has 0 aromatic heterocycles. The van der Waals surface area contributed by atoms with Gasteiger partial charge in [0.2, 0.25) is 0 Å². The van der Waals surface area contributed by atoms with Gasteiger partial charge < -0.3 is 10.5 Å². The van der Waals surface area contributed by atoms with E-state index >= 15 is 0 Å². The summed E-state index contributed by atoms with van der Waals surface area (Å²) in [6.07, 6.45) is 2.68. The Morgan fingerprint density at radius 2 is 2.05 bits per heavy atom. The van der Waals surface area contributed by atoms with Crippen LogP contribution >= 0.6 is 11.6 Å². The Kier molecular flexibility index (Phi) is 5.72. The zero-order valence-electron chi connectivity index (χ0n) is 13.5. The molecule has 1 heterocycles. The second-order valence-corrected chi connectivity index (χ2v) is 5.72. The van der Waals surface area contributed by atoms with Crippen molar-refractivity contribution < 1.29 is 4.74 Å². The average Bonchev–Trinajstić information content (AvgIpc) is 2.52. The molecule has 0 unspecified atom stereocenters. The highest BCUT2D eigenvalue weighted by atomic mass is 35.5. The summed E-state index contributed by atoms with van der Waals surface area (Å²) in [4.78, 5) is 6.74. The highest BCUT2D eigenvalue weighted by Gasteiger charge is 2.27. The maximum absolute atomic E-state index is 6.31. The van der Waals surface area contributed by atoms with E-state index in [1.54, 1.807) is 0 Å². The van der Waals surface area contributed by atoms with Gasteiger partial charge in [-0.15, -0.1) is 0 Å². The molecule has 2 N–H and O–H groups in total. The minimum absolute atomic E-state index is 0.630. The number of aliphatic imine (C=N–C) groups is 1. The van der Waals surface area contributed by atoms with Gasteiger partial charge in [-0.25, -0.2) is 0 Å². The van der Waals surface area contributed by atoms with Gasteiger partial charge in [-0.2, -0.15) is 4.99 Å². The van der Waals surface area contributed by atoms with Crippen molar-refractivity contribution in [1.29, 1.82) is 0 Å². The minimum atomic E-state index is 0.630. The quantitative estimate of drug-likeness (QED) is 0.867. The SMILES string of the molecule is CCCOC1=Nc2ccc(Cl)cc2C(=C(N)CC)N1CCC. The van der Waals surface area contributed by atoms with Gasteiger partial charge in [0, 0.05) is 22.8 Å². The molecular weight excluding hydrogens is 298 g/mol. The number of allylic oxidation sites excluding steroid dienone is 1. The molecule has 120 valence electrons. The zero-order valence-corrected chi connectivity index (χ0v) is 14.3. The van der Waals surface area contributed by atoms with E-state index in [2.05, 4.69) is 30.7 Å². The first kappa shape index (κ1) is 16.7. The molecule has 0 bridgehead atoms. The summed E-state index contributed by atoms with van der Waals surface area (Å²) >= 11 is 6.17. The summed E-state index contributed by atoms with van der Waals surface area (Å²) < 4.78 is 5.86. The fourth-order valence-electron chi connectivity index (χ4n) is 2.45. The van der Waals surface area contributed by atoms with E-state index in [-0.39, 0.29) is 0 Å². The van der Waals surface area contributed by atoms with Crippen LogP contribution in [-0.4, -0.2) is 24.1 Å². The highest BCUT2D eigenvalue weighted by Crippen LogP contribution is 2.37. The third kappa shape index (κ3) is 3.38. The largest absolute Gasteiger partial charge is 0.465 e. The first-order valence-electron chi connectivity index (χ1n) is 7.89. The summed E-state index contributed by atoms with van der Waals surface area (Å²) in [7, 11) is 0. The fraction of sp³-hybridized carbons (Fsp3) is 0.471. The molecule has 0 radical (unpaired) electrons. The molecule has 0 aliphatic carbocycles. The average molecular weight is 322 g/mol. The van der Waals surface area contributed by atoms with Crippen molar-refractivity contribution in [3.05, 3.63) is 34.5 Å². The van der Waals surface area contributed by atoms with Crippen LogP contribution in [0.2, 0.25) is 5.02 Å². The van der Waals surface area contributed by atoms with Gasteiger partial charge in [-0.1, -0.05) is 32.4 Å². The van der Waals surface area contributed by atoms with Crippen LogP contribution < -0.4 is 5.73 Å². The Bertz CT molecular complexity index is 596. The molecule has 1 aliphatic rings. The van der Waals surface area contributed by atoms with E-state index in [4.69, 9.17) is 22.1 Å². The molecule has 0 amide bonds. The zero-order chi connectivity index (χ0) is 16.1. The van der Waals surface area contributed by atoms with Crippen molar-refractivity contribution in [2.24, 2.45) is 10.7 Å². The lowest BCUT2D eigenvalue weighted by Crippen LogP contribution is -2.36. The van der Waals surface area contributed by atoms with E-state index in [9.17, 15) is 0 Å². The smallest absolute Gasteiger partial charge is 0.297 e. The van der Waals surface area contributed by atoms with E-state index in [0.717, 1.165) is 48.5 Å². The Labute approximate surface area is 137 Å². The lowest BCUT2D eigenvalue weighted by atomic mass is 10.0. The summed E-state index contributed by atoms with van der Waals surface area (Å²) in [6, 6.07) is 6.32. The van der Waals surface area contributed by atoms with E-state index in [1.165, 1.54) is 0 Å². The molecule has 1 aromatic rings. The Balaban J connectivity index is 2.58. The van der Waals surface area contributed by atoms with E-state index in [1.807, 2.05) is 18.2 Å². The maximum Gasteiger partial charge on any atom is 0.297 e. The molecule has 0 saturated heterocycles. The Morgan fingerprint density at radius 1 is 1.27 bits per heavy atom. The van der Waals surface area contributed by atoms with Crippen molar-refractivity contribution in [3.8, 4) is 0 Å². The van der Waals surface area contributed by atoms with Gasteiger partial charge in [-0.05, 0) is 37.5 Å². The van der Waals surface area contributed by atoms with Crippen LogP contribution in [0.3, 0.4) is 0 Å². The third-order valence-corrected chi connectivity index (χ3v) is 3.73. The van der Waals surface area contributed by atoms with Crippen LogP contribution in [0.5, 0.6) is 0 Å². The monoisotopic (exact) mass is 321 g/mol. The van der Waals surface area contributed by atoms with E-state index in [0.29, 0.717) is 17.7 Å². The van der Waals surface area contributed by atoms with Crippen molar-refractivity contribution in [3.63, 3.8) is 0 Å². The fourth-order valence-corrected chi connectivity index (χ4v) is 2.62. The second kappa shape index (κ2) is 7.54. The molecule has 0 fully saturated rings. The van der Waals surface area contributed by atoms with Crippen LogP contribution in [0.4, 0.5) is 5.69 Å². The molecule has 1 aliphatic heterocycles. The predicted octanol–water partition coefficient (Wildman–Crippen LogP) is 4.52. The number of nitrogens with two attached hydrogens (primary N) is 1. The van der Waals surface area contributed by atoms with Gasteiger partial charge in [0.05, 0.1) is 18.0 Å². The first-order chi connectivity index (χ1) is 10.6. The van der Waals surface area contributed by atoms with Crippen molar-refractivity contribution in [2.75, 3.05) is 13.2 Å². The summed E-state index contributed by atoms with van der Waals surface area (Å²) in [5, 5.41) is 0.685. The number of ether oxygens (including phenoxy) is 1. The second-order valence-electron chi connectivity index (χ2n) is 5.28. The topological polar surface area (TPSA) is 50.9 Å². The van der Waals surface area contributed by atoms with Gasteiger partial charge in [-0.3, -0.25) is 4.90 Å². The van der Waals surface area contributed by atoms with Gasteiger partial charge in [0.25, 0.3) is 6.02 Å². The molecule has 0 atom stereocenters. The van der Waals surface area contributed by atoms with Crippen LogP contribution in [0.15, 0.2) is 28.9 Å². The molecule has 1 aromatic carbocycles. The van der Waals surface area contributed by atoms with Gasteiger partial charge in [0.15, 0.2) is 0 Å². The molecule has 5 heteroatoms. The Hall–Kier alpha value is -1.68. The van der Waals surface area contributed by atoms with Crippen LogP contribution in [0.25, 0.3) is 5.70 Å². The summed E-state index contributed by atoms with van der Waals surface area (Å²) in [6.45, 7) is 7.71. The predicted molar refractivity (Wildman–Crippen MR) is 93.2 cm³/mol. The third-order valence-electron chi connectivity index (χ3n) is 3.50. The van der Waals surface area contributed by atoms with Crippen LogP contribution in [0, 0.1) is 0 Å². The highest BCUT2D eigenvalue weighted by molar-refractivity contribution is 6.31. The van der Waals surface area contributed by atoms with Crippen molar-refractivity contribution >= 4 is 29.0 Å². The minimum Gasteiger partial charge on any atom is -0.465 e. The van der Waals surface area contributed by atoms with Crippen molar-refractivity contribution in [2.45, 2.75) is 40.0 Å².